The minimum absolute atomic E-state index is 0.210. The Hall–Kier alpha value is -1.99. The third-order valence-corrected chi connectivity index (χ3v) is 3.38. The molecule has 1 aromatic rings. The van der Waals surface area contributed by atoms with Gasteiger partial charge in [-0.2, -0.15) is 0 Å². The van der Waals surface area contributed by atoms with Crippen LogP contribution in [0.3, 0.4) is 0 Å². The second-order valence-corrected chi connectivity index (χ2v) is 4.98. The first-order valence-electron chi connectivity index (χ1n) is 6.92. The monoisotopic (exact) mass is 272 g/mol. The summed E-state index contributed by atoms with van der Waals surface area (Å²) >= 11 is 0. The summed E-state index contributed by atoms with van der Waals surface area (Å²) in [5.74, 6) is 2.59. The molecule has 4 nitrogen and oxygen atoms in total. The van der Waals surface area contributed by atoms with Gasteiger partial charge in [0.1, 0.15) is 6.61 Å². The molecule has 4 heteroatoms. The number of carbonyl (C=O) groups excluding carboxylic acids is 1. The normalized spacial score (nSPS) is 20.6. The maximum Gasteiger partial charge on any atom is 0.407 e. The number of benzene rings is 1. The number of ether oxygens (including phenoxy) is 1. The van der Waals surface area contributed by atoms with Crippen LogP contribution in [-0.2, 0) is 11.3 Å². The van der Waals surface area contributed by atoms with Crippen LogP contribution in [0.4, 0.5) is 4.79 Å². The molecule has 1 fully saturated rings. The van der Waals surface area contributed by atoms with Crippen molar-refractivity contribution in [1.29, 1.82) is 0 Å². The molecule has 2 rings (SSSR count). The number of terminal acetylenes is 1. The molecule has 1 aromatic carbocycles. The van der Waals surface area contributed by atoms with E-state index in [4.69, 9.17) is 11.2 Å². The number of rotatable bonds is 6. The topological polar surface area (TPSA) is 50.4 Å². The Bertz CT molecular complexity index is 461. The summed E-state index contributed by atoms with van der Waals surface area (Å²) in [5, 5.41) is 6.21. The van der Waals surface area contributed by atoms with E-state index in [0.717, 1.165) is 31.4 Å². The Morgan fingerprint density at radius 1 is 1.30 bits per heavy atom. The summed E-state index contributed by atoms with van der Waals surface area (Å²) in [6.07, 6.45) is 7.45. The second kappa shape index (κ2) is 7.56. The number of alkyl carbamates (subject to hydrolysis) is 1. The van der Waals surface area contributed by atoms with E-state index in [-0.39, 0.29) is 12.1 Å². The molecule has 0 bridgehead atoms. The quantitative estimate of drug-likeness (QED) is 0.615. The first kappa shape index (κ1) is 14.4. The number of hydrogen-bond acceptors (Lipinski definition) is 3. The van der Waals surface area contributed by atoms with Gasteiger partial charge in [0.15, 0.2) is 0 Å². The van der Waals surface area contributed by atoms with Crippen molar-refractivity contribution in [2.45, 2.75) is 38.0 Å². The number of hydrogen-bond donors (Lipinski definition) is 2. The lowest BCUT2D eigenvalue weighted by Crippen LogP contribution is -2.52. The zero-order chi connectivity index (χ0) is 14.2. The van der Waals surface area contributed by atoms with Crippen molar-refractivity contribution in [3.05, 3.63) is 35.9 Å². The molecule has 0 saturated heterocycles. The van der Waals surface area contributed by atoms with Crippen LogP contribution in [0.25, 0.3) is 0 Å². The molecule has 0 atom stereocenters. The molecule has 1 saturated carbocycles. The van der Waals surface area contributed by atoms with Crippen LogP contribution in [0, 0.1) is 12.3 Å². The Balaban J connectivity index is 1.57. The first-order chi connectivity index (χ1) is 9.78. The summed E-state index contributed by atoms with van der Waals surface area (Å²) in [4.78, 5) is 11.6. The van der Waals surface area contributed by atoms with Crippen LogP contribution in [-0.4, -0.2) is 24.7 Å². The van der Waals surface area contributed by atoms with E-state index in [1.165, 1.54) is 0 Å². The summed E-state index contributed by atoms with van der Waals surface area (Å²) < 4.78 is 5.17. The molecule has 0 heterocycles. The minimum Gasteiger partial charge on any atom is -0.445 e. The van der Waals surface area contributed by atoms with Crippen molar-refractivity contribution >= 4 is 6.09 Å². The summed E-state index contributed by atoms with van der Waals surface area (Å²) in [5.41, 5.74) is 0.991. The van der Waals surface area contributed by atoms with Crippen molar-refractivity contribution in [3.8, 4) is 12.3 Å². The molecule has 106 valence electrons. The van der Waals surface area contributed by atoms with Gasteiger partial charge < -0.3 is 15.4 Å². The highest BCUT2D eigenvalue weighted by atomic mass is 16.5. The lowest BCUT2D eigenvalue weighted by molar-refractivity contribution is 0.125. The predicted octanol–water partition coefficient (Wildman–Crippen LogP) is 2.06. The van der Waals surface area contributed by atoms with Crippen molar-refractivity contribution in [2.24, 2.45) is 0 Å². The molecule has 1 aliphatic carbocycles. The Kier molecular flexibility index (Phi) is 5.45. The van der Waals surface area contributed by atoms with E-state index in [2.05, 4.69) is 16.6 Å². The Labute approximate surface area is 119 Å². The van der Waals surface area contributed by atoms with Gasteiger partial charge >= 0.3 is 6.09 Å². The van der Waals surface area contributed by atoms with Crippen LogP contribution in [0.5, 0.6) is 0 Å². The van der Waals surface area contributed by atoms with Gasteiger partial charge in [0.2, 0.25) is 0 Å². The van der Waals surface area contributed by atoms with Gasteiger partial charge in [-0.1, -0.05) is 30.3 Å². The third kappa shape index (κ3) is 4.60. The standard InChI is InChI=1S/C16H20N2O2/c1-2-3-9-17-14-10-15(11-14)18-16(19)20-12-13-7-5-4-6-8-13/h1,4-8,14-15,17H,3,9-12H2,(H,18,19). The number of nitrogens with one attached hydrogen (secondary N) is 2. The second-order valence-electron chi connectivity index (χ2n) is 4.98. The molecule has 2 N–H and O–H groups in total. The van der Waals surface area contributed by atoms with Crippen LogP contribution in [0.15, 0.2) is 30.3 Å². The van der Waals surface area contributed by atoms with E-state index in [1.807, 2.05) is 30.3 Å². The summed E-state index contributed by atoms with van der Waals surface area (Å²) in [6, 6.07) is 10.3. The summed E-state index contributed by atoms with van der Waals surface area (Å²) in [6.45, 7) is 1.15. The molecule has 1 aliphatic rings. The Morgan fingerprint density at radius 3 is 2.75 bits per heavy atom. The molecule has 0 radical (unpaired) electrons. The van der Waals surface area contributed by atoms with Crippen LogP contribution in [0.2, 0.25) is 0 Å². The predicted molar refractivity (Wildman–Crippen MR) is 78.0 cm³/mol. The number of amides is 1. The fourth-order valence-electron chi connectivity index (χ4n) is 2.18. The van der Waals surface area contributed by atoms with Crippen LogP contribution < -0.4 is 10.6 Å². The highest BCUT2D eigenvalue weighted by molar-refractivity contribution is 5.67. The van der Waals surface area contributed by atoms with Crippen molar-refractivity contribution < 1.29 is 9.53 Å². The molecule has 0 aliphatic heterocycles. The maximum absolute atomic E-state index is 11.6. The zero-order valence-corrected chi connectivity index (χ0v) is 11.5. The highest BCUT2D eigenvalue weighted by Gasteiger charge is 2.29. The van der Waals surface area contributed by atoms with Gasteiger partial charge in [-0.05, 0) is 18.4 Å². The van der Waals surface area contributed by atoms with Crippen molar-refractivity contribution in [3.63, 3.8) is 0 Å². The smallest absolute Gasteiger partial charge is 0.407 e. The zero-order valence-electron chi connectivity index (χ0n) is 11.5. The van der Waals surface area contributed by atoms with Crippen LogP contribution in [0.1, 0.15) is 24.8 Å². The van der Waals surface area contributed by atoms with Gasteiger partial charge in [-0.15, -0.1) is 12.3 Å². The van der Waals surface area contributed by atoms with E-state index < -0.39 is 0 Å². The average Bonchev–Trinajstić information content (AvgIpc) is 2.43. The van der Waals surface area contributed by atoms with Gasteiger partial charge in [0, 0.05) is 25.0 Å². The van der Waals surface area contributed by atoms with E-state index in [1.54, 1.807) is 0 Å². The molecule has 0 spiro atoms. The molecule has 0 aromatic heterocycles. The van der Waals surface area contributed by atoms with E-state index in [0.29, 0.717) is 12.6 Å². The van der Waals surface area contributed by atoms with E-state index in [9.17, 15) is 4.79 Å². The molecule has 1 amide bonds. The average molecular weight is 272 g/mol. The SMILES string of the molecule is C#CCCNC1CC(NC(=O)OCc2ccccc2)C1. The van der Waals surface area contributed by atoms with E-state index >= 15 is 0 Å². The molecular formula is C16H20N2O2. The lowest BCUT2D eigenvalue weighted by Gasteiger charge is -2.36. The minimum atomic E-state index is -0.346. The van der Waals surface area contributed by atoms with Gasteiger partial charge in [-0.25, -0.2) is 4.79 Å². The fourth-order valence-corrected chi connectivity index (χ4v) is 2.18. The highest BCUT2D eigenvalue weighted by Crippen LogP contribution is 2.19. The fraction of sp³-hybridized carbons (Fsp3) is 0.438. The van der Waals surface area contributed by atoms with Crippen molar-refractivity contribution in [1.82, 2.24) is 10.6 Å². The van der Waals surface area contributed by atoms with Gasteiger partial charge in [0.05, 0.1) is 0 Å². The molecule has 20 heavy (non-hydrogen) atoms. The Morgan fingerprint density at radius 2 is 2.05 bits per heavy atom. The summed E-state index contributed by atoms with van der Waals surface area (Å²) in [7, 11) is 0. The molecule has 0 unspecified atom stereocenters. The van der Waals surface area contributed by atoms with Crippen molar-refractivity contribution in [2.75, 3.05) is 6.54 Å². The largest absolute Gasteiger partial charge is 0.445 e. The van der Waals surface area contributed by atoms with Crippen LogP contribution >= 0.6 is 0 Å². The molecular weight excluding hydrogens is 252 g/mol. The van der Waals surface area contributed by atoms with Gasteiger partial charge in [-0.3, -0.25) is 0 Å². The number of carbonyl (C=O) groups is 1. The first-order valence-corrected chi connectivity index (χ1v) is 6.92. The third-order valence-electron chi connectivity index (χ3n) is 3.38. The lowest BCUT2D eigenvalue weighted by atomic mass is 9.87. The van der Waals surface area contributed by atoms with Gasteiger partial charge in [0.25, 0.3) is 0 Å². The maximum atomic E-state index is 11.6.